The lowest BCUT2D eigenvalue weighted by molar-refractivity contribution is -0.145. The van der Waals surface area contributed by atoms with Crippen molar-refractivity contribution < 1.29 is 14.3 Å². The van der Waals surface area contributed by atoms with E-state index in [1.807, 2.05) is 0 Å². The molecule has 2 unspecified atom stereocenters. The lowest BCUT2D eigenvalue weighted by Crippen LogP contribution is -2.41. The molecule has 0 saturated carbocycles. The molecule has 0 radical (unpaired) electrons. The topological polar surface area (TPSA) is 66.4 Å². The minimum absolute atomic E-state index is 0.0603. The molecule has 24 heavy (non-hydrogen) atoms. The van der Waals surface area contributed by atoms with Crippen LogP contribution >= 0.6 is 0 Å². The van der Waals surface area contributed by atoms with Crippen LogP contribution < -0.4 is 5.32 Å². The largest absolute Gasteiger partial charge is 0.469 e. The Hall–Kier alpha value is -1.34. The first-order valence-electron chi connectivity index (χ1n) is 8.99. The summed E-state index contributed by atoms with van der Waals surface area (Å²) in [5.74, 6) is 0.998. The molecule has 0 bridgehead atoms. The summed E-state index contributed by atoms with van der Waals surface area (Å²) in [5.41, 5.74) is 0. The zero-order chi connectivity index (χ0) is 17.4. The van der Waals surface area contributed by atoms with E-state index < -0.39 is 0 Å². The van der Waals surface area contributed by atoms with Crippen LogP contribution in [0, 0.1) is 11.8 Å². The van der Waals surface area contributed by atoms with Crippen LogP contribution in [0.3, 0.4) is 0 Å². The zero-order valence-electron chi connectivity index (χ0n) is 15.3. The van der Waals surface area contributed by atoms with Crippen LogP contribution in [0.5, 0.6) is 0 Å². The van der Waals surface area contributed by atoms with Crippen LogP contribution in [0.15, 0.2) is 4.99 Å². The molecular weight excluding hydrogens is 308 g/mol. The van der Waals surface area contributed by atoms with Crippen LogP contribution in [0.1, 0.15) is 19.8 Å². The van der Waals surface area contributed by atoms with Gasteiger partial charge in [0.15, 0.2) is 5.96 Å². The fraction of sp³-hybridized carbons (Fsp3) is 0.882. The van der Waals surface area contributed by atoms with Crippen molar-refractivity contribution in [1.82, 2.24) is 15.1 Å². The standard InChI is InChI=1S/C17H32N4O3/c1-14-12-21(13-15(14)16(22)23-3)17(18-2)19-6-4-5-7-20-8-10-24-11-9-20/h14-15H,4-13H2,1-3H3,(H,18,19). The second-order valence-electron chi connectivity index (χ2n) is 6.65. The Balaban J connectivity index is 1.66. The first kappa shape index (κ1) is 19.0. The van der Waals surface area contributed by atoms with E-state index in [1.54, 1.807) is 7.05 Å². The van der Waals surface area contributed by atoms with Gasteiger partial charge >= 0.3 is 5.97 Å². The number of methoxy groups -OCH3 is 1. The van der Waals surface area contributed by atoms with E-state index in [0.29, 0.717) is 6.54 Å². The van der Waals surface area contributed by atoms with Gasteiger partial charge in [-0.15, -0.1) is 0 Å². The number of aliphatic imine (C=N–C) groups is 1. The summed E-state index contributed by atoms with van der Waals surface area (Å²) in [6, 6.07) is 0. The van der Waals surface area contributed by atoms with Gasteiger partial charge in [-0.2, -0.15) is 0 Å². The van der Waals surface area contributed by atoms with Crippen LogP contribution in [0.2, 0.25) is 0 Å². The highest BCUT2D eigenvalue weighted by molar-refractivity contribution is 5.82. The summed E-state index contributed by atoms with van der Waals surface area (Å²) in [4.78, 5) is 20.8. The molecule has 7 heteroatoms. The third kappa shape index (κ3) is 5.34. The van der Waals surface area contributed by atoms with E-state index in [-0.39, 0.29) is 17.8 Å². The Bertz CT molecular complexity index is 424. The number of esters is 1. The van der Waals surface area contributed by atoms with E-state index in [0.717, 1.165) is 58.3 Å². The molecule has 0 aromatic carbocycles. The maximum absolute atomic E-state index is 11.8. The average molecular weight is 340 g/mol. The van der Waals surface area contributed by atoms with Crippen molar-refractivity contribution in [2.45, 2.75) is 19.8 Å². The van der Waals surface area contributed by atoms with E-state index in [9.17, 15) is 4.79 Å². The quantitative estimate of drug-likeness (QED) is 0.327. The Morgan fingerprint density at radius 1 is 1.29 bits per heavy atom. The molecule has 2 heterocycles. The van der Waals surface area contributed by atoms with Crippen LogP contribution in [-0.4, -0.2) is 88.4 Å². The van der Waals surface area contributed by atoms with Crippen LogP contribution in [0.4, 0.5) is 0 Å². The fourth-order valence-corrected chi connectivity index (χ4v) is 3.42. The van der Waals surface area contributed by atoms with Crippen molar-refractivity contribution in [2.24, 2.45) is 16.8 Å². The Kier molecular flexibility index (Phi) is 7.78. The van der Waals surface area contributed by atoms with Gasteiger partial charge in [0.1, 0.15) is 0 Å². The zero-order valence-corrected chi connectivity index (χ0v) is 15.3. The molecule has 138 valence electrons. The Morgan fingerprint density at radius 2 is 2.04 bits per heavy atom. The molecule has 2 aliphatic rings. The Morgan fingerprint density at radius 3 is 2.71 bits per heavy atom. The van der Waals surface area contributed by atoms with Crippen molar-refractivity contribution >= 4 is 11.9 Å². The summed E-state index contributed by atoms with van der Waals surface area (Å²) in [6.07, 6.45) is 2.28. The van der Waals surface area contributed by atoms with Crippen LogP contribution in [0.25, 0.3) is 0 Å². The third-order valence-corrected chi connectivity index (χ3v) is 4.92. The number of carbonyl (C=O) groups excluding carboxylic acids is 1. The van der Waals surface area contributed by atoms with Crippen molar-refractivity contribution in [3.63, 3.8) is 0 Å². The predicted molar refractivity (Wildman–Crippen MR) is 94.1 cm³/mol. The van der Waals surface area contributed by atoms with Crippen molar-refractivity contribution in [1.29, 1.82) is 0 Å². The number of hydrogen-bond acceptors (Lipinski definition) is 5. The average Bonchev–Trinajstić information content (AvgIpc) is 3.00. The molecular formula is C17H32N4O3. The molecule has 2 saturated heterocycles. The van der Waals surface area contributed by atoms with Crippen molar-refractivity contribution in [3.05, 3.63) is 0 Å². The molecule has 2 aliphatic heterocycles. The van der Waals surface area contributed by atoms with E-state index in [4.69, 9.17) is 9.47 Å². The molecule has 0 aromatic rings. The highest BCUT2D eigenvalue weighted by atomic mass is 16.5. The minimum Gasteiger partial charge on any atom is -0.469 e. The molecule has 2 fully saturated rings. The first-order valence-corrected chi connectivity index (χ1v) is 8.99. The van der Waals surface area contributed by atoms with E-state index in [2.05, 4.69) is 27.0 Å². The van der Waals surface area contributed by atoms with Gasteiger partial charge < -0.3 is 19.7 Å². The summed E-state index contributed by atoms with van der Waals surface area (Å²) in [7, 11) is 3.26. The number of guanidine groups is 1. The number of likely N-dealkylation sites (tertiary alicyclic amines) is 1. The van der Waals surface area contributed by atoms with Crippen LogP contribution in [-0.2, 0) is 14.3 Å². The van der Waals surface area contributed by atoms with Gasteiger partial charge in [0.05, 0.1) is 26.2 Å². The molecule has 0 amide bonds. The molecule has 0 aliphatic carbocycles. The highest BCUT2D eigenvalue weighted by Crippen LogP contribution is 2.24. The lowest BCUT2D eigenvalue weighted by atomic mass is 9.99. The second-order valence-corrected chi connectivity index (χ2v) is 6.65. The number of ether oxygens (including phenoxy) is 2. The number of nitrogens with zero attached hydrogens (tertiary/aromatic N) is 3. The van der Waals surface area contributed by atoms with Gasteiger partial charge in [0.2, 0.25) is 0 Å². The van der Waals surface area contributed by atoms with Crippen molar-refractivity contribution in [2.75, 3.05) is 66.6 Å². The number of hydrogen-bond donors (Lipinski definition) is 1. The summed E-state index contributed by atoms with van der Waals surface area (Å²) >= 11 is 0. The SMILES string of the molecule is CN=C(NCCCCN1CCOCC1)N1CC(C)C(C(=O)OC)C1. The summed E-state index contributed by atoms with van der Waals surface area (Å²) in [5, 5.41) is 3.43. The minimum atomic E-state index is -0.119. The van der Waals surface area contributed by atoms with E-state index >= 15 is 0 Å². The van der Waals surface area contributed by atoms with Gasteiger partial charge in [-0.1, -0.05) is 6.92 Å². The third-order valence-electron chi connectivity index (χ3n) is 4.92. The normalized spacial score (nSPS) is 25.8. The summed E-state index contributed by atoms with van der Waals surface area (Å²) < 4.78 is 10.3. The smallest absolute Gasteiger partial charge is 0.310 e. The maximum Gasteiger partial charge on any atom is 0.310 e. The molecule has 0 spiro atoms. The molecule has 2 atom stereocenters. The van der Waals surface area contributed by atoms with E-state index in [1.165, 1.54) is 13.5 Å². The predicted octanol–water partition coefficient (Wildman–Crippen LogP) is 0.415. The number of rotatable bonds is 6. The number of morpholine rings is 1. The molecule has 7 nitrogen and oxygen atoms in total. The molecule has 2 rings (SSSR count). The molecule has 0 aromatic heterocycles. The highest BCUT2D eigenvalue weighted by Gasteiger charge is 2.36. The summed E-state index contributed by atoms with van der Waals surface area (Å²) in [6.45, 7) is 9.48. The molecule has 1 N–H and O–H groups in total. The maximum atomic E-state index is 11.8. The monoisotopic (exact) mass is 340 g/mol. The fourth-order valence-electron chi connectivity index (χ4n) is 3.42. The van der Waals surface area contributed by atoms with Gasteiger partial charge in [0.25, 0.3) is 0 Å². The van der Waals surface area contributed by atoms with Gasteiger partial charge in [0, 0.05) is 39.8 Å². The number of nitrogens with one attached hydrogen (secondary N) is 1. The van der Waals surface area contributed by atoms with Gasteiger partial charge in [-0.25, -0.2) is 0 Å². The number of carbonyl (C=O) groups is 1. The Labute approximate surface area is 145 Å². The second kappa shape index (κ2) is 9.84. The lowest BCUT2D eigenvalue weighted by Gasteiger charge is -2.26. The first-order chi connectivity index (χ1) is 11.7. The number of unbranched alkanes of at least 4 members (excludes halogenated alkanes) is 1. The van der Waals surface area contributed by atoms with Gasteiger partial charge in [-0.05, 0) is 25.3 Å². The van der Waals surface area contributed by atoms with Gasteiger partial charge in [-0.3, -0.25) is 14.7 Å². The van der Waals surface area contributed by atoms with Crippen molar-refractivity contribution in [3.8, 4) is 0 Å².